The maximum absolute atomic E-state index is 15.0. The van der Waals surface area contributed by atoms with Gasteiger partial charge in [-0.2, -0.15) is 0 Å². The van der Waals surface area contributed by atoms with Gasteiger partial charge < -0.3 is 14.7 Å². The van der Waals surface area contributed by atoms with E-state index >= 15 is 0 Å². The van der Waals surface area contributed by atoms with E-state index < -0.39 is 0 Å². The van der Waals surface area contributed by atoms with Gasteiger partial charge in [-0.05, 0) is 37.6 Å². The van der Waals surface area contributed by atoms with Crippen LogP contribution in [0, 0.1) is 5.82 Å². The molecule has 1 saturated heterocycles. The van der Waals surface area contributed by atoms with Crippen molar-refractivity contribution in [3.8, 4) is 11.3 Å². The molecule has 0 atom stereocenters. The molecule has 0 bridgehead atoms. The van der Waals surface area contributed by atoms with Gasteiger partial charge in [-0.3, -0.25) is 4.79 Å². The molecule has 2 aliphatic rings. The zero-order valence-electron chi connectivity index (χ0n) is 20.2. The number of benzene rings is 2. The largest absolute Gasteiger partial charge is 0.338 e. The third-order valence-corrected chi connectivity index (χ3v) is 7.14. The summed E-state index contributed by atoms with van der Waals surface area (Å²) in [6.45, 7) is 3.92. The van der Waals surface area contributed by atoms with Crippen molar-refractivity contribution in [3.63, 3.8) is 0 Å². The topological polar surface area (TPSA) is 52.6 Å². The average Bonchev–Trinajstić information content (AvgIpc) is 3.43. The molecule has 2 fully saturated rings. The number of carbonyl (C=O) groups excluding carboxylic acids is 1. The molecule has 7 heteroatoms. The van der Waals surface area contributed by atoms with Crippen LogP contribution < -0.4 is 4.90 Å². The van der Waals surface area contributed by atoms with E-state index in [1.807, 2.05) is 35.2 Å². The molecule has 0 unspecified atom stereocenters. The number of amides is 1. The molecule has 5 rings (SSSR count). The number of piperazine rings is 1. The molecule has 2 heterocycles. The van der Waals surface area contributed by atoms with Crippen molar-refractivity contribution < 1.29 is 9.18 Å². The van der Waals surface area contributed by atoms with Gasteiger partial charge in [0.1, 0.15) is 5.82 Å². The predicted molar refractivity (Wildman–Crippen MR) is 136 cm³/mol. The number of halogens is 1. The summed E-state index contributed by atoms with van der Waals surface area (Å²) in [7, 11) is 2.09. The molecule has 1 saturated carbocycles. The first-order chi connectivity index (χ1) is 17.1. The third-order valence-electron chi connectivity index (χ3n) is 7.14. The lowest BCUT2D eigenvalue weighted by atomic mass is 10.0. The quantitative estimate of drug-likeness (QED) is 0.523. The van der Waals surface area contributed by atoms with E-state index in [0.29, 0.717) is 29.3 Å². The van der Waals surface area contributed by atoms with Crippen LogP contribution in [0.2, 0.25) is 0 Å². The Balaban J connectivity index is 1.54. The minimum atomic E-state index is -0.389. The van der Waals surface area contributed by atoms with E-state index in [9.17, 15) is 9.18 Å². The van der Waals surface area contributed by atoms with Gasteiger partial charge >= 0.3 is 0 Å². The summed E-state index contributed by atoms with van der Waals surface area (Å²) >= 11 is 0. The zero-order valence-corrected chi connectivity index (χ0v) is 20.2. The summed E-state index contributed by atoms with van der Waals surface area (Å²) in [5, 5.41) is 0. The van der Waals surface area contributed by atoms with Crippen LogP contribution in [-0.2, 0) is 6.54 Å². The van der Waals surface area contributed by atoms with Crippen LogP contribution >= 0.6 is 0 Å². The highest BCUT2D eigenvalue weighted by molar-refractivity contribution is 6.00. The monoisotopic (exact) mass is 473 g/mol. The molecule has 2 aromatic carbocycles. The highest BCUT2D eigenvalue weighted by Gasteiger charge is 2.31. The Kier molecular flexibility index (Phi) is 7.04. The molecule has 1 aliphatic heterocycles. The van der Waals surface area contributed by atoms with Gasteiger partial charge in [0.2, 0.25) is 5.95 Å². The number of anilines is 1. The van der Waals surface area contributed by atoms with Crippen molar-refractivity contribution in [1.29, 1.82) is 0 Å². The highest BCUT2D eigenvalue weighted by Crippen LogP contribution is 2.31. The first-order valence-electron chi connectivity index (χ1n) is 12.5. The lowest BCUT2D eigenvalue weighted by Crippen LogP contribution is -2.45. The molecule has 35 heavy (non-hydrogen) atoms. The van der Waals surface area contributed by atoms with Crippen molar-refractivity contribution in [2.45, 2.75) is 38.3 Å². The minimum absolute atomic E-state index is 0.135. The maximum Gasteiger partial charge on any atom is 0.258 e. The Bertz CT molecular complexity index is 1160. The first-order valence-corrected chi connectivity index (χ1v) is 12.5. The Morgan fingerprint density at radius 2 is 1.69 bits per heavy atom. The van der Waals surface area contributed by atoms with Crippen LogP contribution in [0.1, 0.15) is 41.6 Å². The molecule has 1 aromatic heterocycles. The number of nitrogens with zero attached hydrogens (tertiary/aromatic N) is 5. The van der Waals surface area contributed by atoms with E-state index in [4.69, 9.17) is 4.98 Å². The van der Waals surface area contributed by atoms with E-state index in [1.54, 1.807) is 24.4 Å². The standard InChI is InChI=1S/C28H32FN5O/c1-32-15-17-33(18-16-32)28-30-19-24(26(31-28)23-13-7-8-14-25(23)29)27(35)34(22-11-5-6-12-22)20-21-9-3-2-4-10-21/h2-4,7-10,13-14,19,22H,5-6,11-12,15-18,20H2,1H3. The van der Waals surface area contributed by atoms with Gasteiger partial charge in [-0.1, -0.05) is 55.3 Å². The second-order valence-electron chi connectivity index (χ2n) is 9.56. The molecule has 182 valence electrons. The Morgan fingerprint density at radius 3 is 2.40 bits per heavy atom. The maximum atomic E-state index is 15.0. The van der Waals surface area contributed by atoms with Crippen LogP contribution in [0.25, 0.3) is 11.3 Å². The summed E-state index contributed by atoms with van der Waals surface area (Å²) in [4.78, 5) is 29.8. The molecule has 1 amide bonds. The molecule has 0 radical (unpaired) electrons. The molecule has 6 nitrogen and oxygen atoms in total. The molecule has 1 aliphatic carbocycles. The summed E-state index contributed by atoms with van der Waals surface area (Å²) in [5.74, 6) is 0.0207. The van der Waals surface area contributed by atoms with Crippen molar-refractivity contribution in [2.24, 2.45) is 0 Å². The number of likely N-dealkylation sites (N-methyl/N-ethyl adjacent to an activating group) is 1. The fourth-order valence-corrected chi connectivity index (χ4v) is 5.06. The van der Waals surface area contributed by atoms with E-state index in [0.717, 1.165) is 57.4 Å². The second kappa shape index (κ2) is 10.5. The van der Waals surface area contributed by atoms with Crippen LogP contribution in [-0.4, -0.2) is 64.9 Å². The second-order valence-corrected chi connectivity index (χ2v) is 9.56. The summed E-state index contributed by atoms with van der Waals surface area (Å²) < 4.78 is 15.0. The van der Waals surface area contributed by atoms with Crippen molar-refractivity contribution >= 4 is 11.9 Å². The summed E-state index contributed by atoms with van der Waals surface area (Å²) in [5.41, 5.74) is 2.14. The van der Waals surface area contributed by atoms with Crippen molar-refractivity contribution in [3.05, 3.63) is 77.7 Å². The average molecular weight is 474 g/mol. The van der Waals surface area contributed by atoms with Gasteiger partial charge in [-0.15, -0.1) is 0 Å². The number of carbonyl (C=O) groups is 1. The van der Waals surface area contributed by atoms with Crippen LogP contribution in [0.15, 0.2) is 60.8 Å². The normalized spacial score (nSPS) is 17.0. The third kappa shape index (κ3) is 5.20. The van der Waals surface area contributed by atoms with Gasteiger partial charge in [0.15, 0.2) is 0 Å². The fraction of sp³-hybridized carbons (Fsp3) is 0.393. The fourth-order valence-electron chi connectivity index (χ4n) is 5.06. The number of aromatic nitrogens is 2. The van der Waals surface area contributed by atoms with Crippen LogP contribution in [0.4, 0.5) is 10.3 Å². The Labute approximate surface area is 206 Å². The number of hydrogen-bond donors (Lipinski definition) is 0. The summed E-state index contributed by atoms with van der Waals surface area (Å²) in [6.07, 6.45) is 5.80. The molecule has 3 aromatic rings. The zero-order chi connectivity index (χ0) is 24.2. The smallest absolute Gasteiger partial charge is 0.258 e. The molecular formula is C28H32FN5O. The van der Waals surface area contributed by atoms with E-state index in [1.165, 1.54) is 6.07 Å². The van der Waals surface area contributed by atoms with Gasteiger partial charge in [0.25, 0.3) is 5.91 Å². The predicted octanol–water partition coefficient (Wildman–Crippen LogP) is 4.62. The van der Waals surface area contributed by atoms with Crippen LogP contribution in [0.3, 0.4) is 0 Å². The minimum Gasteiger partial charge on any atom is -0.338 e. The van der Waals surface area contributed by atoms with E-state index in [2.05, 4.69) is 21.8 Å². The molecule has 0 N–H and O–H groups in total. The number of rotatable bonds is 6. The lowest BCUT2D eigenvalue weighted by molar-refractivity contribution is 0.0664. The first kappa shape index (κ1) is 23.4. The summed E-state index contributed by atoms with van der Waals surface area (Å²) in [6, 6.07) is 16.8. The Hall–Kier alpha value is -3.32. The molecular weight excluding hydrogens is 441 g/mol. The van der Waals surface area contributed by atoms with Crippen molar-refractivity contribution in [2.75, 3.05) is 38.1 Å². The number of hydrogen-bond acceptors (Lipinski definition) is 5. The van der Waals surface area contributed by atoms with Crippen LogP contribution in [0.5, 0.6) is 0 Å². The lowest BCUT2D eigenvalue weighted by Gasteiger charge is -2.33. The van der Waals surface area contributed by atoms with Gasteiger partial charge in [-0.25, -0.2) is 14.4 Å². The highest BCUT2D eigenvalue weighted by atomic mass is 19.1. The van der Waals surface area contributed by atoms with Gasteiger partial charge in [0, 0.05) is 50.5 Å². The van der Waals surface area contributed by atoms with Crippen molar-refractivity contribution in [1.82, 2.24) is 19.8 Å². The van der Waals surface area contributed by atoms with Gasteiger partial charge in [0.05, 0.1) is 11.3 Å². The van der Waals surface area contributed by atoms with E-state index in [-0.39, 0.29) is 17.8 Å². The SMILES string of the molecule is CN1CCN(c2ncc(C(=O)N(Cc3ccccc3)C3CCCC3)c(-c3ccccc3F)n2)CC1. The Morgan fingerprint density at radius 1 is 1.00 bits per heavy atom. The molecule has 0 spiro atoms.